The highest BCUT2D eigenvalue weighted by Gasteiger charge is 2.15. The standard InChI is InChI=1S/C16H23FN2S/c1-19(10-12-5-3-2-4-6-12)11-13-7-14(16(18)20)9-15(17)8-13/h7-9,12H,2-6,10-11H2,1H3,(H2,18,20). The van der Waals surface area contributed by atoms with E-state index >= 15 is 0 Å². The van der Waals surface area contributed by atoms with Gasteiger partial charge in [-0.05, 0) is 49.6 Å². The van der Waals surface area contributed by atoms with Crippen molar-refractivity contribution in [2.24, 2.45) is 11.7 Å². The lowest BCUT2D eigenvalue weighted by atomic mass is 9.89. The molecule has 2 rings (SSSR count). The summed E-state index contributed by atoms with van der Waals surface area (Å²) < 4.78 is 13.6. The molecule has 1 saturated carbocycles. The van der Waals surface area contributed by atoms with Gasteiger partial charge in [0.25, 0.3) is 0 Å². The number of nitrogens with zero attached hydrogens (tertiary/aromatic N) is 1. The zero-order valence-corrected chi connectivity index (χ0v) is 12.9. The fourth-order valence-corrected chi connectivity index (χ4v) is 3.19. The second kappa shape index (κ2) is 7.14. The molecule has 1 aromatic rings. The van der Waals surface area contributed by atoms with E-state index < -0.39 is 0 Å². The number of rotatable bonds is 5. The predicted molar refractivity (Wildman–Crippen MR) is 85.2 cm³/mol. The summed E-state index contributed by atoms with van der Waals surface area (Å²) in [6.45, 7) is 1.82. The predicted octanol–water partition coefficient (Wildman–Crippen LogP) is 3.47. The molecule has 0 aliphatic heterocycles. The third-order valence-corrected chi connectivity index (χ3v) is 4.22. The average molecular weight is 294 g/mol. The molecule has 0 spiro atoms. The van der Waals surface area contributed by atoms with Gasteiger partial charge in [0, 0.05) is 18.7 Å². The Balaban J connectivity index is 1.96. The molecule has 0 atom stereocenters. The van der Waals surface area contributed by atoms with E-state index in [9.17, 15) is 4.39 Å². The lowest BCUT2D eigenvalue weighted by molar-refractivity contribution is 0.228. The molecular formula is C16H23FN2S. The smallest absolute Gasteiger partial charge is 0.124 e. The average Bonchev–Trinajstić information content (AvgIpc) is 2.38. The maximum Gasteiger partial charge on any atom is 0.124 e. The summed E-state index contributed by atoms with van der Waals surface area (Å²) in [6, 6.07) is 4.86. The highest BCUT2D eigenvalue weighted by molar-refractivity contribution is 7.80. The van der Waals surface area contributed by atoms with Crippen LogP contribution in [0.2, 0.25) is 0 Å². The summed E-state index contributed by atoms with van der Waals surface area (Å²) in [7, 11) is 2.10. The third kappa shape index (κ3) is 4.53. The van der Waals surface area contributed by atoms with Gasteiger partial charge in [0.05, 0.1) is 0 Å². The van der Waals surface area contributed by atoms with Crippen LogP contribution in [0.15, 0.2) is 18.2 Å². The van der Waals surface area contributed by atoms with E-state index in [1.54, 1.807) is 6.07 Å². The monoisotopic (exact) mass is 294 g/mol. The van der Waals surface area contributed by atoms with E-state index in [1.807, 2.05) is 6.07 Å². The van der Waals surface area contributed by atoms with Crippen LogP contribution in [-0.2, 0) is 6.54 Å². The first kappa shape index (κ1) is 15.4. The zero-order chi connectivity index (χ0) is 14.5. The fraction of sp³-hybridized carbons (Fsp3) is 0.562. The number of thiocarbonyl (C=S) groups is 1. The molecule has 2 nitrogen and oxygen atoms in total. The van der Waals surface area contributed by atoms with Gasteiger partial charge < -0.3 is 10.6 Å². The Morgan fingerprint density at radius 3 is 2.65 bits per heavy atom. The van der Waals surface area contributed by atoms with Crippen LogP contribution >= 0.6 is 12.2 Å². The molecule has 1 aromatic carbocycles. The third-order valence-electron chi connectivity index (χ3n) is 3.99. The summed E-state index contributed by atoms with van der Waals surface area (Å²) in [5, 5.41) is 0. The lowest BCUT2D eigenvalue weighted by Crippen LogP contribution is -2.27. The van der Waals surface area contributed by atoms with Gasteiger partial charge in [-0.2, -0.15) is 0 Å². The Hall–Kier alpha value is -1.00. The van der Waals surface area contributed by atoms with E-state index in [1.165, 1.54) is 38.2 Å². The Kier molecular flexibility index (Phi) is 5.49. The molecule has 0 unspecified atom stereocenters. The molecule has 20 heavy (non-hydrogen) atoms. The van der Waals surface area contributed by atoms with Gasteiger partial charge in [-0.25, -0.2) is 4.39 Å². The number of hydrogen-bond acceptors (Lipinski definition) is 2. The van der Waals surface area contributed by atoms with Crippen molar-refractivity contribution >= 4 is 17.2 Å². The first-order chi connectivity index (χ1) is 9.54. The van der Waals surface area contributed by atoms with Crippen LogP contribution in [0.3, 0.4) is 0 Å². The number of hydrogen-bond donors (Lipinski definition) is 1. The summed E-state index contributed by atoms with van der Waals surface area (Å²) in [5.74, 6) is 0.522. The van der Waals surface area contributed by atoms with Gasteiger partial charge in [0.15, 0.2) is 0 Å². The summed E-state index contributed by atoms with van der Waals surface area (Å²) in [5.41, 5.74) is 7.13. The second-order valence-electron chi connectivity index (χ2n) is 5.91. The van der Waals surface area contributed by atoms with Crippen LogP contribution in [0.5, 0.6) is 0 Å². The van der Waals surface area contributed by atoms with Gasteiger partial charge in [-0.15, -0.1) is 0 Å². The van der Waals surface area contributed by atoms with Crippen molar-refractivity contribution in [1.29, 1.82) is 0 Å². The van der Waals surface area contributed by atoms with Gasteiger partial charge in [-0.3, -0.25) is 0 Å². The van der Waals surface area contributed by atoms with Gasteiger partial charge >= 0.3 is 0 Å². The van der Waals surface area contributed by atoms with Crippen molar-refractivity contribution in [2.75, 3.05) is 13.6 Å². The molecule has 1 fully saturated rings. The van der Waals surface area contributed by atoms with E-state index in [4.69, 9.17) is 18.0 Å². The second-order valence-corrected chi connectivity index (χ2v) is 6.35. The van der Waals surface area contributed by atoms with Crippen LogP contribution in [0.1, 0.15) is 43.2 Å². The van der Waals surface area contributed by atoms with Crippen molar-refractivity contribution in [2.45, 2.75) is 38.6 Å². The minimum absolute atomic E-state index is 0.251. The number of benzene rings is 1. The van der Waals surface area contributed by atoms with Crippen LogP contribution < -0.4 is 5.73 Å². The fourth-order valence-electron chi connectivity index (χ4n) is 3.07. The zero-order valence-electron chi connectivity index (χ0n) is 12.1. The normalized spacial score (nSPS) is 16.6. The summed E-state index contributed by atoms with van der Waals surface area (Å²) >= 11 is 4.92. The molecule has 0 heterocycles. The van der Waals surface area contributed by atoms with Crippen LogP contribution in [0.4, 0.5) is 4.39 Å². The maximum atomic E-state index is 13.6. The highest BCUT2D eigenvalue weighted by Crippen LogP contribution is 2.24. The first-order valence-corrected chi connectivity index (χ1v) is 7.73. The molecule has 0 radical (unpaired) electrons. The molecule has 1 aliphatic rings. The van der Waals surface area contributed by atoms with E-state index in [2.05, 4.69) is 11.9 Å². The number of halogens is 1. The van der Waals surface area contributed by atoms with Gasteiger partial charge in [0.2, 0.25) is 0 Å². The van der Waals surface area contributed by atoms with Crippen molar-refractivity contribution < 1.29 is 4.39 Å². The van der Waals surface area contributed by atoms with Crippen LogP contribution in [0.25, 0.3) is 0 Å². The molecular weight excluding hydrogens is 271 g/mol. The molecule has 0 bridgehead atoms. The topological polar surface area (TPSA) is 29.3 Å². The van der Waals surface area contributed by atoms with Crippen molar-refractivity contribution in [1.82, 2.24) is 4.90 Å². The molecule has 1 aliphatic carbocycles. The van der Waals surface area contributed by atoms with Crippen molar-refractivity contribution in [3.05, 3.63) is 35.1 Å². The molecule has 0 aromatic heterocycles. The summed E-state index contributed by atoms with van der Waals surface area (Å²) in [4.78, 5) is 2.52. The minimum Gasteiger partial charge on any atom is -0.389 e. The highest BCUT2D eigenvalue weighted by atomic mass is 32.1. The SMILES string of the molecule is CN(Cc1cc(F)cc(C(N)=S)c1)CC1CCCCC1. The van der Waals surface area contributed by atoms with Crippen molar-refractivity contribution in [3.63, 3.8) is 0 Å². The largest absolute Gasteiger partial charge is 0.389 e. The summed E-state index contributed by atoms with van der Waals surface area (Å²) in [6.07, 6.45) is 6.73. The van der Waals surface area contributed by atoms with E-state index in [-0.39, 0.29) is 10.8 Å². The molecule has 0 saturated heterocycles. The van der Waals surface area contributed by atoms with Gasteiger partial charge in [0.1, 0.15) is 10.8 Å². The Labute approximate surface area is 126 Å². The molecule has 110 valence electrons. The minimum atomic E-state index is -0.267. The quantitative estimate of drug-likeness (QED) is 0.843. The van der Waals surface area contributed by atoms with Crippen LogP contribution in [0, 0.1) is 11.7 Å². The Morgan fingerprint density at radius 1 is 1.30 bits per heavy atom. The lowest BCUT2D eigenvalue weighted by Gasteiger charge is -2.27. The molecule has 4 heteroatoms. The van der Waals surface area contributed by atoms with E-state index in [0.29, 0.717) is 5.56 Å². The van der Waals surface area contributed by atoms with E-state index in [0.717, 1.165) is 24.6 Å². The van der Waals surface area contributed by atoms with Crippen LogP contribution in [-0.4, -0.2) is 23.5 Å². The number of nitrogens with two attached hydrogens (primary N) is 1. The Bertz CT molecular complexity index is 470. The van der Waals surface area contributed by atoms with Gasteiger partial charge in [-0.1, -0.05) is 31.5 Å². The van der Waals surface area contributed by atoms with Crippen molar-refractivity contribution in [3.8, 4) is 0 Å². The molecule has 0 amide bonds. The molecule has 2 N–H and O–H groups in total. The first-order valence-electron chi connectivity index (χ1n) is 7.32. The Morgan fingerprint density at radius 2 is 2.00 bits per heavy atom. The maximum absolute atomic E-state index is 13.6.